The third-order valence-corrected chi connectivity index (χ3v) is 2.99. The maximum absolute atomic E-state index is 11.6. The Labute approximate surface area is 145 Å². The van der Waals surface area contributed by atoms with Crippen molar-refractivity contribution in [1.29, 1.82) is 0 Å². The van der Waals surface area contributed by atoms with Gasteiger partial charge in [0.05, 0.1) is 19.6 Å². The van der Waals surface area contributed by atoms with Crippen LogP contribution in [-0.4, -0.2) is 39.3 Å². The number of nitrogens with zero attached hydrogens (tertiary/aromatic N) is 5. The number of carbonyl (C=O) groups is 1. The first-order chi connectivity index (χ1) is 10.8. The summed E-state index contributed by atoms with van der Waals surface area (Å²) in [6.07, 6.45) is 6.88. The highest BCUT2D eigenvalue weighted by Crippen LogP contribution is 2.06. The molecule has 126 valence electrons. The van der Waals surface area contributed by atoms with Crippen molar-refractivity contribution in [3.63, 3.8) is 0 Å². The minimum Gasteiger partial charge on any atom is -1.00 e. The van der Waals surface area contributed by atoms with Gasteiger partial charge in [0, 0.05) is 25.1 Å². The van der Waals surface area contributed by atoms with E-state index in [0.29, 0.717) is 26.1 Å². The summed E-state index contributed by atoms with van der Waals surface area (Å²) in [7, 11) is 0. The molecule has 0 saturated carbocycles. The predicted molar refractivity (Wildman–Crippen MR) is 77.9 cm³/mol. The molecular weight excluding hydrogens is 364 g/mol. The molecule has 0 aromatic carbocycles. The van der Waals surface area contributed by atoms with Crippen LogP contribution in [0.1, 0.15) is 19.8 Å². The van der Waals surface area contributed by atoms with Gasteiger partial charge < -0.3 is 27.0 Å². The van der Waals surface area contributed by atoms with Crippen LogP contribution < -0.4 is 31.6 Å². The van der Waals surface area contributed by atoms with Gasteiger partial charge in [0.2, 0.25) is 5.91 Å². The summed E-state index contributed by atoms with van der Waals surface area (Å²) in [5.41, 5.74) is 0. The SMILES string of the molecule is CCC[n+]1ccc(OCCC(=O)NCCn2cnnn2)cc1.[Br-]. The number of amides is 1. The summed E-state index contributed by atoms with van der Waals surface area (Å²) in [6.45, 7) is 4.52. The third-order valence-electron chi connectivity index (χ3n) is 2.99. The first kappa shape index (κ1) is 19.0. The minimum absolute atomic E-state index is 0. The summed E-state index contributed by atoms with van der Waals surface area (Å²) in [4.78, 5) is 11.6. The summed E-state index contributed by atoms with van der Waals surface area (Å²) in [5.74, 6) is 0.721. The van der Waals surface area contributed by atoms with Crippen molar-refractivity contribution in [3.8, 4) is 5.75 Å². The monoisotopic (exact) mass is 384 g/mol. The molecule has 0 bridgehead atoms. The van der Waals surface area contributed by atoms with Gasteiger partial charge in [0.15, 0.2) is 12.4 Å². The van der Waals surface area contributed by atoms with E-state index in [1.54, 1.807) is 4.68 Å². The van der Waals surface area contributed by atoms with Gasteiger partial charge in [-0.1, -0.05) is 6.92 Å². The van der Waals surface area contributed by atoms with Crippen LogP contribution in [0.3, 0.4) is 0 Å². The Bertz CT molecular complexity index is 561. The maximum atomic E-state index is 11.6. The maximum Gasteiger partial charge on any atom is 0.223 e. The molecule has 0 fully saturated rings. The van der Waals surface area contributed by atoms with Crippen LogP contribution >= 0.6 is 0 Å². The first-order valence-electron chi connectivity index (χ1n) is 7.37. The van der Waals surface area contributed by atoms with E-state index in [-0.39, 0.29) is 22.9 Å². The van der Waals surface area contributed by atoms with Crippen molar-refractivity contribution in [1.82, 2.24) is 25.5 Å². The van der Waals surface area contributed by atoms with Gasteiger partial charge in [0.25, 0.3) is 0 Å². The van der Waals surface area contributed by atoms with Crippen molar-refractivity contribution in [3.05, 3.63) is 30.9 Å². The summed E-state index contributed by atoms with van der Waals surface area (Å²) in [6, 6.07) is 3.82. The number of carbonyl (C=O) groups excluding carboxylic acids is 1. The van der Waals surface area contributed by atoms with Gasteiger partial charge in [-0.15, -0.1) is 5.10 Å². The molecule has 0 aliphatic heterocycles. The second-order valence-corrected chi connectivity index (χ2v) is 4.79. The van der Waals surface area contributed by atoms with Gasteiger partial charge in [-0.3, -0.25) is 4.79 Å². The lowest BCUT2D eigenvalue weighted by Gasteiger charge is -2.06. The standard InChI is InChI=1S/C14H20N6O2.BrH/c1-2-7-19-8-3-13(4-9-19)22-11-5-14(21)15-6-10-20-12-16-17-18-20;/h3-4,8-9,12H,2,5-7,10-11H2,1H3;1H. The molecule has 9 heteroatoms. The topological polar surface area (TPSA) is 85.8 Å². The van der Waals surface area contributed by atoms with Gasteiger partial charge in [-0.2, -0.15) is 0 Å². The molecule has 0 aliphatic carbocycles. The molecule has 0 radical (unpaired) electrons. The van der Waals surface area contributed by atoms with Crippen molar-refractivity contribution in [2.75, 3.05) is 13.2 Å². The zero-order valence-corrected chi connectivity index (χ0v) is 14.6. The molecule has 2 rings (SSSR count). The molecule has 23 heavy (non-hydrogen) atoms. The fourth-order valence-corrected chi connectivity index (χ4v) is 1.89. The largest absolute Gasteiger partial charge is 1.00 e. The molecule has 2 heterocycles. The van der Waals surface area contributed by atoms with Crippen molar-refractivity contribution >= 4 is 5.91 Å². The van der Waals surface area contributed by atoms with E-state index < -0.39 is 0 Å². The number of rotatable bonds is 9. The fraction of sp³-hybridized carbons (Fsp3) is 0.500. The van der Waals surface area contributed by atoms with Gasteiger partial charge >= 0.3 is 0 Å². The number of nitrogens with one attached hydrogen (secondary N) is 1. The van der Waals surface area contributed by atoms with Crippen LogP contribution in [0.5, 0.6) is 5.75 Å². The molecule has 0 unspecified atom stereocenters. The number of pyridine rings is 1. The van der Waals surface area contributed by atoms with Crippen molar-refractivity contribution in [2.24, 2.45) is 0 Å². The lowest BCUT2D eigenvalue weighted by molar-refractivity contribution is -0.697. The number of aromatic nitrogens is 5. The molecule has 1 amide bonds. The first-order valence-corrected chi connectivity index (χ1v) is 7.37. The number of hydrogen-bond donors (Lipinski definition) is 1. The minimum atomic E-state index is -0.0509. The Morgan fingerprint density at radius 2 is 2.17 bits per heavy atom. The molecule has 0 atom stereocenters. The molecule has 2 aromatic heterocycles. The normalized spacial score (nSPS) is 9.96. The van der Waals surface area contributed by atoms with Gasteiger partial charge in [-0.25, -0.2) is 9.25 Å². The van der Waals surface area contributed by atoms with Crippen LogP contribution in [-0.2, 0) is 17.9 Å². The fourth-order valence-electron chi connectivity index (χ4n) is 1.89. The Hall–Kier alpha value is -2.03. The van der Waals surface area contributed by atoms with E-state index in [1.807, 2.05) is 24.5 Å². The van der Waals surface area contributed by atoms with Gasteiger partial charge in [0.1, 0.15) is 18.6 Å². The number of hydrogen-bond acceptors (Lipinski definition) is 5. The van der Waals surface area contributed by atoms with Crippen LogP contribution in [0.4, 0.5) is 0 Å². The summed E-state index contributed by atoms with van der Waals surface area (Å²) >= 11 is 0. The molecule has 1 N–H and O–H groups in total. The highest BCUT2D eigenvalue weighted by Gasteiger charge is 2.04. The lowest BCUT2D eigenvalue weighted by Crippen LogP contribution is -3.00. The number of tetrazole rings is 1. The predicted octanol–water partition coefficient (Wildman–Crippen LogP) is -3.04. The van der Waals surface area contributed by atoms with Crippen molar-refractivity contribution < 1.29 is 31.1 Å². The number of halogens is 1. The zero-order valence-electron chi connectivity index (χ0n) is 13.1. The van der Waals surface area contributed by atoms with E-state index >= 15 is 0 Å². The molecule has 0 aliphatic rings. The highest BCUT2D eigenvalue weighted by atomic mass is 79.9. The summed E-state index contributed by atoms with van der Waals surface area (Å²) < 4.78 is 9.21. The average Bonchev–Trinajstić information content (AvgIpc) is 3.03. The molecular formula is C14H21BrN6O2. The Kier molecular flexibility index (Phi) is 8.81. The van der Waals surface area contributed by atoms with E-state index in [1.165, 1.54) is 6.33 Å². The Morgan fingerprint density at radius 3 is 2.83 bits per heavy atom. The van der Waals surface area contributed by atoms with Crippen LogP contribution in [0.15, 0.2) is 30.9 Å². The number of aryl methyl sites for hydroxylation is 1. The van der Waals surface area contributed by atoms with E-state index in [4.69, 9.17) is 4.74 Å². The molecule has 2 aromatic rings. The smallest absolute Gasteiger partial charge is 0.223 e. The zero-order chi connectivity index (χ0) is 15.6. The second kappa shape index (κ2) is 10.7. The highest BCUT2D eigenvalue weighted by molar-refractivity contribution is 5.75. The summed E-state index contributed by atoms with van der Waals surface area (Å²) in [5, 5.41) is 13.5. The van der Waals surface area contributed by atoms with Crippen molar-refractivity contribution in [2.45, 2.75) is 32.9 Å². The second-order valence-electron chi connectivity index (χ2n) is 4.79. The number of ether oxygens (including phenoxy) is 1. The molecule has 8 nitrogen and oxygen atoms in total. The molecule has 0 saturated heterocycles. The lowest BCUT2D eigenvalue weighted by atomic mass is 10.4. The quantitative estimate of drug-likeness (QED) is 0.464. The Morgan fingerprint density at radius 1 is 1.39 bits per heavy atom. The third kappa shape index (κ3) is 7.18. The van der Waals surface area contributed by atoms with Crippen LogP contribution in [0.25, 0.3) is 0 Å². The van der Waals surface area contributed by atoms with E-state index in [9.17, 15) is 4.79 Å². The molecule has 0 spiro atoms. The average molecular weight is 385 g/mol. The Balaban J connectivity index is 0.00000264. The van der Waals surface area contributed by atoms with Gasteiger partial charge in [-0.05, 0) is 10.4 Å². The van der Waals surface area contributed by atoms with E-state index in [2.05, 4.69) is 32.3 Å². The van der Waals surface area contributed by atoms with Crippen LogP contribution in [0.2, 0.25) is 0 Å². The van der Waals surface area contributed by atoms with E-state index in [0.717, 1.165) is 18.7 Å². The van der Waals surface area contributed by atoms with Crippen LogP contribution in [0, 0.1) is 0 Å².